The second-order valence-electron chi connectivity index (χ2n) is 5.12. The molecule has 0 bridgehead atoms. The minimum absolute atomic E-state index is 0.0820. The maximum absolute atomic E-state index is 12.0. The number of carbonyl (C=O) groups excluding carboxylic acids is 1. The highest BCUT2D eigenvalue weighted by molar-refractivity contribution is 8.00. The largest absolute Gasteiger partial charge is 0.378 e. The molecule has 0 aliphatic carbocycles. The Labute approximate surface area is 129 Å². The van der Waals surface area contributed by atoms with Crippen molar-refractivity contribution in [1.29, 1.82) is 0 Å². The van der Waals surface area contributed by atoms with Crippen molar-refractivity contribution in [3.8, 4) is 0 Å². The van der Waals surface area contributed by atoms with E-state index in [-0.39, 0.29) is 11.2 Å². The Bertz CT molecular complexity index is 485. The summed E-state index contributed by atoms with van der Waals surface area (Å²) in [5, 5.41) is 9.19. The number of anilines is 1. The first-order valence-corrected chi connectivity index (χ1v) is 8.06. The maximum Gasteiger partial charge on any atom is 0.235 e. The molecule has 1 saturated heterocycles. The van der Waals surface area contributed by atoms with Crippen LogP contribution in [0, 0.1) is 0 Å². The molecule has 1 aliphatic heterocycles. The fraction of sp³-hybridized carbons (Fsp3) is 0.769. The maximum atomic E-state index is 12.0. The number of thioether (sulfide) groups is 1. The number of rotatable bonds is 5. The molecule has 1 atom stereocenters. The SMILES string of the molecule is CCn1c(S[C@H](C)C(=O)N(C)C)nnc1N1CCOCC1. The molecule has 2 heterocycles. The van der Waals surface area contributed by atoms with Gasteiger partial charge in [0.25, 0.3) is 0 Å². The average molecular weight is 313 g/mol. The zero-order valence-electron chi connectivity index (χ0n) is 13.1. The molecule has 118 valence electrons. The highest BCUT2D eigenvalue weighted by Gasteiger charge is 2.23. The Morgan fingerprint density at radius 2 is 2.05 bits per heavy atom. The van der Waals surface area contributed by atoms with Gasteiger partial charge in [0.1, 0.15) is 0 Å². The molecular weight excluding hydrogens is 290 g/mol. The van der Waals surface area contributed by atoms with Crippen LogP contribution < -0.4 is 4.90 Å². The number of amides is 1. The smallest absolute Gasteiger partial charge is 0.235 e. The first-order chi connectivity index (χ1) is 10.0. The number of ether oxygens (including phenoxy) is 1. The third-order valence-corrected chi connectivity index (χ3v) is 4.45. The molecule has 0 unspecified atom stereocenters. The van der Waals surface area contributed by atoms with Gasteiger partial charge >= 0.3 is 0 Å². The third-order valence-electron chi connectivity index (χ3n) is 3.38. The van der Waals surface area contributed by atoms with E-state index in [0.29, 0.717) is 13.2 Å². The highest BCUT2D eigenvalue weighted by atomic mass is 32.2. The van der Waals surface area contributed by atoms with Gasteiger partial charge in [-0.05, 0) is 13.8 Å². The Kier molecular flexibility index (Phi) is 5.46. The molecule has 2 rings (SSSR count). The second kappa shape index (κ2) is 7.13. The van der Waals surface area contributed by atoms with E-state index < -0.39 is 0 Å². The van der Waals surface area contributed by atoms with Crippen LogP contribution in [0.25, 0.3) is 0 Å². The fourth-order valence-electron chi connectivity index (χ4n) is 2.21. The van der Waals surface area contributed by atoms with Crippen LogP contribution in [-0.4, -0.2) is 71.2 Å². The molecule has 1 aromatic rings. The predicted octanol–water partition coefficient (Wildman–Crippen LogP) is 0.703. The lowest BCUT2D eigenvalue weighted by molar-refractivity contribution is -0.127. The van der Waals surface area contributed by atoms with Crippen LogP contribution in [0.1, 0.15) is 13.8 Å². The monoisotopic (exact) mass is 313 g/mol. The third kappa shape index (κ3) is 3.68. The summed E-state index contributed by atoms with van der Waals surface area (Å²) in [5.41, 5.74) is 0. The summed E-state index contributed by atoms with van der Waals surface area (Å²) in [5.74, 6) is 0.950. The second-order valence-corrected chi connectivity index (χ2v) is 6.43. The summed E-state index contributed by atoms with van der Waals surface area (Å²) in [6, 6.07) is 0. The minimum Gasteiger partial charge on any atom is -0.378 e. The van der Waals surface area contributed by atoms with Gasteiger partial charge in [-0.3, -0.25) is 9.36 Å². The molecule has 8 heteroatoms. The van der Waals surface area contributed by atoms with E-state index in [1.165, 1.54) is 11.8 Å². The van der Waals surface area contributed by atoms with Crippen LogP contribution in [0.3, 0.4) is 0 Å². The summed E-state index contributed by atoms with van der Waals surface area (Å²) in [4.78, 5) is 15.8. The first kappa shape index (κ1) is 16.1. The quantitative estimate of drug-likeness (QED) is 0.746. The van der Waals surface area contributed by atoms with Gasteiger partial charge in [-0.25, -0.2) is 0 Å². The molecule has 0 saturated carbocycles. The van der Waals surface area contributed by atoms with Crippen molar-refractivity contribution in [2.75, 3.05) is 45.3 Å². The van der Waals surface area contributed by atoms with Crippen LogP contribution >= 0.6 is 11.8 Å². The van der Waals surface area contributed by atoms with Gasteiger partial charge < -0.3 is 14.5 Å². The van der Waals surface area contributed by atoms with Crippen molar-refractivity contribution in [3.63, 3.8) is 0 Å². The average Bonchev–Trinajstić information content (AvgIpc) is 2.89. The van der Waals surface area contributed by atoms with E-state index in [4.69, 9.17) is 4.74 Å². The molecule has 0 radical (unpaired) electrons. The Hall–Kier alpha value is -1.28. The minimum atomic E-state index is -0.174. The van der Waals surface area contributed by atoms with Gasteiger partial charge in [-0.1, -0.05) is 11.8 Å². The van der Waals surface area contributed by atoms with Crippen LogP contribution in [-0.2, 0) is 16.1 Å². The van der Waals surface area contributed by atoms with E-state index in [1.54, 1.807) is 19.0 Å². The van der Waals surface area contributed by atoms with Crippen molar-refractivity contribution in [2.24, 2.45) is 0 Å². The lowest BCUT2D eigenvalue weighted by Crippen LogP contribution is -2.38. The highest BCUT2D eigenvalue weighted by Crippen LogP contribution is 2.26. The lowest BCUT2D eigenvalue weighted by atomic mass is 10.4. The van der Waals surface area contributed by atoms with Gasteiger partial charge in [0, 0.05) is 33.7 Å². The van der Waals surface area contributed by atoms with Crippen molar-refractivity contribution < 1.29 is 9.53 Å². The van der Waals surface area contributed by atoms with E-state index in [2.05, 4.69) is 26.6 Å². The molecule has 1 fully saturated rings. The molecular formula is C13H23N5O2S. The van der Waals surface area contributed by atoms with Gasteiger partial charge in [-0.2, -0.15) is 0 Å². The van der Waals surface area contributed by atoms with Crippen molar-refractivity contribution in [3.05, 3.63) is 0 Å². The molecule has 21 heavy (non-hydrogen) atoms. The summed E-state index contributed by atoms with van der Waals surface area (Å²) < 4.78 is 7.43. The van der Waals surface area contributed by atoms with Gasteiger partial charge in [0.15, 0.2) is 5.16 Å². The van der Waals surface area contributed by atoms with Crippen LogP contribution in [0.2, 0.25) is 0 Å². The van der Waals surface area contributed by atoms with Crippen molar-refractivity contribution in [2.45, 2.75) is 30.8 Å². The first-order valence-electron chi connectivity index (χ1n) is 7.18. The summed E-state index contributed by atoms with van der Waals surface area (Å²) >= 11 is 1.46. The molecule has 0 N–H and O–H groups in total. The fourth-order valence-corrected chi connectivity index (χ4v) is 3.27. The normalized spacial score (nSPS) is 16.9. The Morgan fingerprint density at radius 1 is 1.38 bits per heavy atom. The van der Waals surface area contributed by atoms with E-state index in [9.17, 15) is 4.79 Å². The molecule has 7 nitrogen and oxygen atoms in total. The molecule has 1 aliphatic rings. The number of hydrogen-bond donors (Lipinski definition) is 0. The van der Waals surface area contributed by atoms with Crippen molar-refractivity contribution in [1.82, 2.24) is 19.7 Å². The van der Waals surface area contributed by atoms with E-state index in [0.717, 1.165) is 30.7 Å². The molecule has 0 spiro atoms. The Balaban J connectivity index is 2.13. The molecule has 1 aromatic heterocycles. The number of morpholine rings is 1. The van der Waals surface area contributed by atoms with Gasteiger partial charge in [-0.15, -0.1) is 10.2 Å². The molecule has 1 amide bonds. The molecule has 0 aromatic carbocycles. The lowest BCUT2D eigenvalue weighted by Gasteiger charge is -2.27. The van der Waals surface area contributed by atoms with E-state index >= 15 is 0 Å². The van der Waals surface area contributed by atoms with Crippen LogP contribution in [0.5, 0.6) is 0 Å². The number of hydrogen-bond acceptors (Lipinski definition) is 6. The standard InChI is InChI=1S/C13H23N5O2S/c1-5-18-12(17-6-8-20-9-7-17)14-15-13(18)21-10(2)11(19)16(3)4/h10H,5-9H2,1-4H3/t10-/m1/s1. The number of nitrogens with zero attached hydrogens (tertiary/aromatic N) is 5. The number of carbonyl (C=O) groups is 1. The topological polar surface area (TPSA) is 63.5 Å². The summed E-state index contributed by atoms with van der Waals surface area (Å²) in [6.45, 7) is 7.84. The van der Waals surface area contributed by atoms with Gasteiger partial charge in [0.05, 0.1) is 18.5 Å². The van der Waals surface area contributed by atoms with Gasteiger partial charge in [0.2, 0.25) is 11.9 Å². The predicted molar refractivity (Wildman–Crippen MR) is 82.7 cm³/mol. The summed E-state index contributed by atoms with van der Waals surface area (Å²) in [6.07, 6.45) is 0. The van der Waals surface area contributed by atoms with Crippen LogP contribution in [0.4, 0.5) is 5.95 Å². The van der Waals surface area contributed by atoms with Crippen LogP contribution in [0.15, 0.2) is 5.16 Å². The van der Waals surface area contributed by atoms with E-state index in [1.807, 2.05) is 6.92 Å². The van der Waals surface area contributed by atoms with Crippen molar-refractivity contribution >= 4 is 23.6 Å². The Morgan fingerprint density at radius 3 is 2.62 bits per heavy atom. The number of aromatic nitrogens is 3. The zero-order valence-corrected chi connectivity index (χ0v) is 13.9. The summed E-state index contributed by atoms with van der Waals surface area (Å²) in [7, 11) is 3.53. The zero-order chi connectivity index (χ0) is 15.4.